The number of rotatable bonds is 10. The van der Waals surface area contributed by atoms with E-state index in [0.29, 0.717) is 18.9 Å². The molecule has 1 rings (SSSR count). The summed E-state index contributed by atoms with van der Waals surface area (Å²) in [4.78, 5) is 12.6. The number of carbonyl (C=O) groups excluding carboxylic acids is 1. The first-order valence-electron chi connectivity index (χ1n) is 8.59. The minimum absolute atomic E-state index is 0.104. The predicted molar refractivity (Wildman–Crippen MR) is 95.0 cm³/mol. The van der Waals surface area contributed by atoms with Crippen molar-refractivity contribution >= 4 is 11.6 Å². The molecule has 0 bridgehead atoms. The summed E-state index contributed by atoms with van der Waals surface area (Å²) in [5.74, 6) is 1.10. The highest BCUT2D eigenvalue weighted by Gasteiger charge is 2.34. The lowest BCUT2D eigenvalue weighted by Gasteiger charge is -2.29. The fraction of sp³-hybridized carbons (Fsp3) is 0.632. The number of carbonyl (C=O) groups is 1. The number of unbranched alkanes of at least 4 members (excludes halogenated alkanes) is 1. The summed E-state index contributed by atoms with van der Waals surface area (Å²) in [5.41, 5.74) is -0.0494. The van der Waals surface area contributed by atoms with Crippen LogP contribution in [-0.2, 0) is 9.53 Å². The molecule has 0 aliphatic rings. The van der Waals surface area contributed by atoms with Crippen molar-refractivity contribution in [3.63, 3.8) is 0 Å². The van der Waals surface area contributed by atoms with E-state index in [-0.39, 0.29) is 5.91 Å². The zero-order valence-electron chi connectivity index (χ0n) is 15.1. The highest BCUT2D eigenvalue weighted by Crippen LogP contribution is 2.24. The largest absolute Gasteiger partial charge is 0.494 e. The lowest BCUT2D eigenvalue weighted by Crippen LogP contribution is -2.43. The molecule has 0 heterocycles. The molecule has 0 saturated carbocycles. The molecule has 1 aromatic rings. The van der Waals surface area contributed by atoms with Crippen molar-refractivity contribution in [3.8, 4) is 5.75 Å². The third kappa shape index (κ3) is 6.61. The molecule has 1 N–H and O–H groups in total. The Bertz CT molecular complexity index is 470. The second-order valence-electron chi connectivity index (χ2n) is 6.44. The molecular weight excluding hydrogens is 290 g/mol. The first kappa shape index (κ1) is 19.5. The maximum Gasteiger partial charge on any atom is 0.256 e. The molecule has 1 aromatic carbocycles. The SMILES string of the molecule is CCCCOc1ccc(NC(=O)C(C)(CC(C)C)OCC)cc1. The van der Waals surface area contributed by atoms with Crippen LogP contribution < -0.4 is 10.1 Å². The third-order valence-corrected chi connectivity index (χ3v) is 3.62. The van der Waals surface area contributed by atoms with E-state index in [1.165, 1.54) is 0 Å². The smallest absolute Gasteiger partial charge is 0.256 e. The lowest BCUT2D eigenvalue weighted by molar-refractivity contribution is -0.140. The minimum Gasteiger partial charge on any atom is -0.494 e. The Hall–Kier alpha value is -1.55. The average Bonchev–Trinajstić information content (AvgIpc) is 2.48. The molecule has 0 spiro atoms. The fourth-order valence-corrected chi connectivity index (χ4v) is 2.55. The van der Waals surface area contributed by atoms with Gasteiger partial charge in [-0.3, -0.25) is 4.79 Å². The second-order valence-corrected chi connectivity index (χ2v) is 6.44. The Kier molecular flexibility index (Phi) is 8.10. The molecule has 1 amide bonds. The van der Waals surface area contributed by atoms with Gasteiger partial charge in [0.25, 0.3) is 5.91 Å². The summed E-state index contributed by atoms with van der Waals surface area (Å²) in [5, 5.41) is 2.95. The van der Waals surface area contributed by atoms with Gasteiger partial charge in [0.15, 0.2) is 0 Å². The van der Waals surface area contributed by atoms with E-state index in [1.807, 2.05) is 38.1 Å². The van der Waals surface area contributed by atoms with Gasteiger partial charge in [0, 0.05) is 12.3 Å². The number of benzene rings is 1. The topological polar surface area (TPSA) is 47.6 Å². The second kappa shape index (κ2) is 9.56. The molecule has 1 unspecified atom stereocenters. The van der Waals surface area contributed by atoms with Gasteiger partial charge in [-0.1, -0.05) is 27.2 Å². The van der Waals surface area contributed by atoms with E-state index in [0.717, 1.165) is 30.9 Å². The number of anilines is 1. The van der Waals surface area contributed by atoms with Gasteiger partial charge in [-0.05, 0) is 56.9 Å². The Morgan fingerprint density at radius 3 is 2.39 bits per heavy atom. The highest BCUT2D eigenvalue weighted by atomic mass is 16.5. The van der Waals surface area contributed by atoms with Crippen molar-refractivity contribution in [1.29, 1.82) is 0 Å². The van der Waals surface area contributed by atoms with E-state index in [2.05, 4.69) is 26.1 Å². The van der Waals surface area contributed by atoms with Gasteiger partial charge in [0.2, 0.25) is 0 Å². The lowest BCUT2D eigenvalue weighted by atomic mass is 9.93. The average molecular weight is 321 g/mol. The third-order valence-electron chi connectivity index (χ3n) is 3.62. The Morgan fingerprint density at radius 1 is 1.22 bits per heavy atom. The van der Waals surface area contributed by atoms with E-state index >= 15 is 0 Å². The molecule has 0 fully saturated rings. The summed E-state index contributed by atoms with van der Waals surface area (Å²) < 4.78 is 11.4. The van der Waals surface area contributed by atoms with Gasteiger partial charge in [-0.2, -0.15) is 0 Å². The van der Waals surface area contributed by atoms with E-state index in [4.69, 9.17) is 9.47 Å². The van der Waals surface area contributed by atoms with Gasteiger partial charge in [0.1, 0.15) is 11.4 Å². The Labute approximate surface area is 140 Å². The molecule has 4 nitrogen and oxygen atoms in total. The maximum atomic E-state index is 12.6. The van der Waals surface area contributed by atoms with Crippen molar-refractivity contribution in [1.82, 2.24) is 0 Å². The molecule has 23 heavy (non-hydrogen) atoms. The quantitative estimate of drug-likeness (QED) is 0.638. The normalized spacial score (nSPS) is 13.7. The van der Waals surface area contributed by atoms with Crippen LogP contribution in [0.5, 0.6) is 5.75 Å². The van der Waals surface area contributed by atoms with Crippen LogP contribution in [0.15, 0.2) is 24.3 Å². The standard InChI is InChI=1S/C19H31NO3/c1-6-8-13-22-17-11-9-16(10-12-17)20-18(21)19(5,23-7-2)14-15(3)4/h9-12,15H,6-8,13-14H2,1-5H3,(H,20,21). The van der Waals surface area contributed by atoms with Crippen LogP contribution in [0.1, 0.15) is 53.9 Å². The summed E-state index contributed by atoms with van der Waals surface area (Å²) in [6, 6.07) is 7.49. The van der Waals surface area contributed by atoms with Crippen molar-refractivity contribution in [2.75, 3.05) is 18.5 Å². The van der Waals surface area contributed by atoms with Gasteiger partial charge < -0.3 is 14.8 Å². The van der Waals surface area contributed by atoms with Crippen LogP contribution in [-0.4, -0.2) is 24.7 Å². The van der Waals surface area contributed by atoms with Gasteiger partial charge >= 0.3 is 0 Å². The number of hydrogen-bond acceptors (Lipinski definition) is 3. The Balaban J connectivity index is 2.67. The molecule has 1 atom stereocenters. The van der Waals surface area contributed by atoms with Gasteiger partial charge in [-0.15, -0.1) is 0 Å². The fourth-order valence-electron chi connectivity index (χ4n) is 2.55. The summed E-state index contributed by atoms with van der Waals surface area (Å²) in [6.07, 6.45) is 2.84. The number of hydrogen-bond donors (Lipinski definition) is 1. The van der Waals surface area contributed by atoms with Crippen molar-refractivity contribution < 1.29 is 14.3 Å². The monoisotopic (exact) mass is 321 g/mol. The van der Waals surface area contributed by atoms with Crippen molar-refractivity contribution in [3.05, 3.63) is 24.3 Å². The highest BCUT2D eigenvalue weighted by molar-refractivity contribution is 5.97. The van der Waals surface area contributed by atoms with E-state index in [1.54, 1.807) is 0 Å². The minimum atomic E-state index is -0.806. The first-order valence-corrected chi connectivity index (χ1v) is 8.59. The van der Waals surface area contributed by atoms with E-state index in [9.17, 15) is 4.79 Å². The maximum absolute atomic E-state index is 12.6. The Morgan fingerprint density at radius 2 is 1.87 bits per heavy atom. The van der Waals surface area contributed by atoms with Gasteiger partial charge in [0.05, 0.1) is 6.61 Å². The zero-order chi connectivity index (χ0) is 17.3. The molecule has 0 radical (unpaired) electrons. The number of ether oxygens (including phenoxy) is 2. The summed E-state index contributed by atoms with van der Waals surface area (Å²) >= 11 is 0. The van der Waals surface area contributed by atoms with Crippen LogP contribution in [0.2, 0.25) is 0 Å². The predicted octanol–water partition coefficient (Wildman–Crippen LogP) is 4.65. The van der Waals surface area contributed by atoms with Crippen LogP contribution in [0.4, 0.5) is 5.69 Å². The summed E-state index contributed by atoms with van der Waals surface area (Å²) in [7, 11) is 0. The molecule has 0 aliphatic carbocycles. The molecule has 0 saturated heterocycles. The first-order chi connectivity index (χ1) is 10.9. The van der Waals surface area contributed by atoms with Crippen LogP contribution >= 0.6 is 0 Å². The molecule has 0 aromatic heterocycles. The van der Waals surface area contributed by atoms with E-state index < -0.39 is 5.60 Å². The van der Waals surface area contributed by atoms with Crippen LogP contribution in [0.3, 0.4) is 0 Å². The van der Waals surface area contributed by atoms with Crippen LogP contribution in [0.25, 0.3) is 0 Å². The van der Waals surface area contributed by atoms with Crippen LogP contribution in [0, 0.1) is 5.92 Å². The number of amides is 1. The van der Waals surface area contributed by atoms with Crippen molar-refractivity contribution in [2.24, 2.45) is 5.92 Å². The summed E-state index contributed by atoms with van der Waals surface area (Å²) in [6.45, 7) is 11.3. The molecule has 130 valence electrons. The molecular formula is C19H31NO3. The molecule has 0 aliphatic heterocycles. The zero-order valence-corrected chi connectivity index (χ0v) is 15.1. The van der Waals surface area contributed by atoms with Gasteiger partial charge in [-0.25, -0.2) is 0 Å². The number of nitrogens with one attached hydrogen (secondary N) is 1. The van der Waals surface area contributed by atoms with Crippen molar-refractivity contribution in [2.45, 2.75) is 59.5 Å². The molecule has 4 heteroatoms.